The van der Waals surface area contributed by atoms with Crippen LogP contribution in [0.4, 0.5) is 0 Å². The van der Waals surface area contributed by atoms with Gasteiger partial charge in [-0.25, -0.2) is 4.79 Å². The van der Waals surface area contributed by atoms with Gasteiger partial charge in [-0.15, -0.1) is 0 Å². The molecule has 0 bridgehead atoms. The number of hydrogen-bond donors (Lipinski definition) is 1. The Kier molecular flexibility index (Phi) is 5.33. The number of rotatable bonds is 5. The van der Waals surface area contributed by atoms with E-state index in [0.29, 0.717) is 29.7 Å². The summed E-state index contributed by atoms with van der Waals surface area (Å²) in [4.78, 5) is 29.4. The Labute approximate surface area is 149 Å². The lowest BCUT2D eigenvalue weighted by Crippen LogP contribution is -2.48. The maximum absolute atomic E-state index is 12.4. The fraction of sp³-hybridized carbons (Fsp3) is 0.412. The standard InChI is InChI=1S/C17H18ClN3O4/c18-12-6-4-11(5-7-12)16-19-14(25-20-16)8-9-15(22)21-10-2-1-3-13(21)17(23)24/h4-7,13H,1-3,8-10H2,(H,23,24)/t13-/m1/s1. The van der Waals surface area contributed by atoms with Crippen LogP contribution >= 0.6 is 11.6 Å². The van der Waals surface area contributed by atoms with Crippen LogP contribution in [0.2, 0.25) is 5.02 Å². The van der Waals surface area contributed by atoms with Gasteiger partial charge in [0.05, 0.1) is 0 Å². The summed E-state index contributed by atoms with van der Waals surface area (Å²) in [5.74, 6) is -0.364. The fourth-order valence-corrected chi connectivity index (χ4v) is 3.04. The first-order valence-electron chi connectivity index (χ1n) is 8.15. The van der Waals surface area contributed by atoms with Gasteiger partial charge in [0.2, 0.25) is 17.6 Å². The Bertz CT molecular complexity index is 760. The molecule has 0 unspecified atom stereocenters. The predicted octanol–water partition coefficient (Wildman–Crippen LogP) is 2.79. The number of halogens is 1. The molecule has 0 aliphatic carbocycles. The SMILES string of the molecule is O=C(O)[C@H]1CCCCN1C(=O)CCc1nc(-c2ccc(Cl)cc2)no1. The zero-order chi connectivity index (χ0) is 17.8. The molecule has 0 radical (unpaired) electrons. The van der Waals surface area contributed by atoms with E-state index in [2.05, 4.69) is 10.1 Å². The minimum absolute atomic E-state index is 0.145. The average Bonchev–Trinajstić information content (AvgIpc) is 3.09. The van der Waals surface area contributed by atoms with Gasteiger partial charge in [-0.05, 0) is 43.5 Å². The second-order valence-corrected chi connectivity index (χ2v) is 6.39. The number of nitrogens with zero attached hydrogens (tertiary/aromatic N) is 3. The van der Waals surface area contributed by atoms with Gasteiger partial charge in [-0.2, -0.15) is 4.98 Å². The van der Waals surface area contributed by atoms with Crippen molar-refractivity contribution in [2.75, 3.05) is 6.54 Å². The highest BCUT2D eigenvalue weighted by Gasteiger charge is 2.31. The van der Waals surface area contributed by atoms with Crippen LogP contribution < -0.4 is 0 Å². The number of carboxylic acid groups (broad SMARTS) is 1. The van der Waals surface area contributed by atoms with Crippen LogP contribution in [-0.2, 0) is 16.0 Å². The Morgan fingerprint density at radius 1 is 1.28 bits per heavy atom. The zero-order valence-electron chi connectivity index (χ0n) is 13.5. The summed E-state index contributed by atoms with van der Waals surface area (Å²) in [6, 6.07) is 6.31. The molecule has 1 saturated heterocycles. The summed E-state index contributed by atoms with van der Waals surface area (Å²) in [7, 11) is 0. The van der Waals surface area contributed by atoms with Crippen LogP contribution in [0.25, 0.3) is 11.4 Å². The third kappa shape index (κ3) is 4.17. The molecule has 2 heterocycles. The topological polar surface area (TPSA) is 96.5 Å². The third-order valence-corrected chi connectivity index (χ3v) is 4.48. The minimum Gasteiger partial charge on any atom is -0.480 e. The highest BCUT2D eigenvalue weighted by molar-refractivity contribution is 6.30. The van der Waals surface area contributed by atoms with Crippen molar-refractivity contribution in [1.29, 1.82) is 0 Å². The van der Waals surface area contributed by atoms with Gasteiger partial charge >= 0.3 is 5.97 Å². The first-order chi connectivity index (χ1) is 12.0. The second kappa shape index (κ2) is 7.65. The number of aryl methyl sites for hydroxylation is 1. The molecule has 7 nitrogen and oxygen atoms in total. The molecule has 0 saturated carbocycles. The lowest BCUT2D eigenvalue weighted by Gasteiger charge is -2.32. The molecule has 25 heavy (non-hydrogen) atoms. The molecule has 1 aromatic carbocycles. The van der Waals surface area contributed by atoms with E-state index in [9.17, 15) is 14.7 Å². The quantitative estimate of drug-likeness (QED) is 0.877. The number of carbonyl (C=O) groups excluding carboxylic acids is 1. The van der Waals surface area contributed by atoms with Gasteiger partial charge in [-0.3, -0.25) is 4.79 Å². The van der Waals surface area contributed by atoms with E-state index in [1.54, 1.807) is 24.3 Å². The van der Waals surface area contributed by atoms with Crippen LogP contribution in [0.5, 0.6) is 0 Å². The number of amides is 1. The van der Waals surface area contributed by atoms with Gasteiger partial charge in [0, 0.05) is 30.0 Å². The smallest absolute Gasteiger partial charge is 0.326 e. The predicted molar refractivity (Wildman–Crippen MR) is 90.1 cm³/mol. The molecule has 1 aromatic heterocycles. The molecule has 1 aliphatic rings. The second-order valence-electron chi connectivity index (χ2n) is 5.96. The molecule has 0 spiro atoms. The first-order valence-corrected chi connectivity index (χ1v) is 8.53. The van der Waals surface area contributed by atoms with Crippen molar-refractivity contribution in [3.8, 4) is 11.4 Å². The molecule has 3 rings (SSSR count). The number of piperidine rings is 1. The summed E-state index contributed by atoms with van der Waals surface area (Å²) >= 11 is 5.85. The van der Waals surface area contributed by atoms with Gasteiger partial charge < -0.3 is 14.5 Å². The van der Waals surface area contributed by atoms with Crippen molar-refractivity contribution in [2.24, 2.45) is 0 Å². The number of aliphatic carboxylic acids is 1. The third-order valence-electron chi connectivity index (χ3n) is 4.23. The van der Waals surface area contributed by atoms with Crippen LogP contribution in [0.15, 0.2) is 28.8 Å². The van der Waals surface area contributed by atoms with Crippen molar-refractivity contribution < 1.29 is 19.2 Å². The molecule has 1 fully saturated rings. The number of carboxylic acids is 1. The molecule has 132 valence electrons. The van der Waals surface area contributed by atoms with Crippen molar-refractivity contribution in [1.82, 2.24) is 15.0 Å². The average molecular weight is 364 g/mol. The number of benzene rings is 1. The summed E-state index contributed by atoms with van der Waals surface area (Å²) in [6.45, 7) is 0.482. The van der Waals surface area contributed by atoms with Gasteiger partial charge in [0.25, 0.3) is 0 Å². The zero-order valence-corrected chi connectivity index (χ0v) is 14.3. The molecular weight excluding hydrogens is 346 g/mol. The van der Waals surface area contributed by atoms with Crippen LogP contribution in [0.1, 0.15) is 31.6 Å². The summed E-state index contributed by atoms with van der Waals surface area (Å²) in [5, 5.41) is 13.8. The summed E-state index contributed by atoms with van der Waals surface area (Å²) in [6.07, 6.45) is 2.59. The number of hydrogen-bond acceptors (Lipinski definition) is 5. The van der Waals surface area contributed by atoms with E-state index in [1.807, 2.05) is 0 Å². The highest BCUT2D eigenvalue weighted by atomic mass is 35.5. The Morgan fingerprint density at radius 2 is 2.04 bits per heavy atom. The fourth-order valence-electron chi connectivity index (χ4n) is 2.92. The molecule has 1 aliphatic heterocycles. The van der Waals surface area contributed by atoms with Crippen molar-refractivity contribution in [3.63, 3.8) is 0 Å². The molecular formula is C17H18ClN3O4. The van der Waals surface area contributed by atoms with E-state index in [4.69, 9.17) is 16.1 Å². The monoisotopic (exact) mass is 363 g/mol. The van der Waals surface area contributed by atoms with E-state index in [0.717, 1.165) is 18.4 Å². The first kappa shape index (κ1) is 17.4. The molecule has 1 N–H and O–H groups in total. The van der Waals surface area contributed by atoms with E-state index in [1.165, 1.54) is 4.90 Å². The lowest BCUT2D eigenvalue weighted by molar-refractivity contribution is -0.152. The van der Waals surface area contributed by atoms with Crippen LogP contribution in [0.3, 0.4) is 0 Å². The van der Waals surface area contributed by atoms with Crippen molar-refractivity contribution in [3.05, 3.63) is 35.2 Å². The summed E-state index contributed by atoms with van der Waals surface area (Å²) in [5.41, 5.74) is 0.771. The molecule has 1 amide bonds. The number of carbonyl (C=O) groups is 2. The Hall–Kier alpha value is -2.41. The highest BCUT2D eigenvalue weighted by Crippen LogP contribution is 2.21. The Balaban J connectivity index is 1.61. The summed E-state index contributed by atoms with van der Waals surface area (Å²) < 4.78 is 5.18. The Morgan fingerprint density at radius 3 is 2.76 bits per heavy atom. The van der Waals surface area contributed by atoms with Gasteiger partial charge in [-0.1, -0.05) is 16.8 Å². The largest absolute Gasteiger partial charge is 0.480 e. The molecule has 8 heteroatoms. The van der Waals surface area contributed by atoms with Gasteiger partial charge in [0.1, 0.15) is 6.04 Å². The molecule has 2 aromatic rings. The van der Waals surface area contributed by atoms with E-state index in [-0.39, 0.29) is 18.7 Å². The van der Waals surface area contributed by atoms with Crippen LogP contribution in [0, 0.1) is 0 Å². The maximum atomic E-state index is 12.4. The van der Waals surface area contributed by atoms with E-state index < -0.39 is 12.0 Å². The number of aromatic nitrogens is 2. The molecule has 1 atom stereocenters. The van der Waals surface area contributed by atoms with Crippen LogP contribution in [-0.4, -0.2) is 44.6 Å². The van der Waals surface area contributed by atoms with Crippen molar-refractivity contribution in [2.45, 2.75) is 38.1 Å². The maximum Gasteiger partial charge on any atom is 0.326 e. The normalized spacial score (nSPS) is 17.5. The minimum atomic E-state index is -0.948. The van der Waals surface area contributed by atoms with Crippen molar-refractivity contribution >= 4 is 23.5 Å². The lowest BCUT2D eigenvalue weighted by atomic mass is 10.0. The number of likely N-dealkylation sites (tertiary alicyclic amines) is 1. The van der Waals surface area contributed by atoms with E-state index >= 15 is 0 Å². The van der Waals surface area contributed by atoms with Gasteiger partial charge in [0.15, 0.2) is 0 Å².